The Bertz CT molecular complexity index is 3090. The van der Waals surface area contributed by atoms with E-state index in [1.54, 1.807) is 0 Å². The smallest absolute Gasteiger partial charge is 0.165 e. The first-order valence-corrected chi connectivity index (χ1v) is 18.6. The molecule has 2 aromatic heterocycles. The Morgan fingerprint density at radius 2 is 0.709 bits per heavy atom. The van der Waals surface area contributed by atoms with E-state index in [4.69, 9.17) is 15.0 Å². The van der Waals surface area contributed by atoms with Gasteiger partial charge in [-0.25, -0.2) is 15.0 Å². The number of aromatic nitrogens is 4. The molecule has 0 radical (unpaired) electrons. The van der Waals surface area contributed by atoms with Gasteiger partial charge in [0.2, 0.25) is 0 Å². The molecule has 0 aliphatic carbocycles. The minimum atomic E-state index is 0.633. The summed E-state index contributed by atoms with van der Waals surface area (Å²) in [6.07, 6.45) is 0. The van der Waals surface area contributed by atoms with Crippen molar-refractivity contribution in [1.82, 2.24) is 19.5 Å². The molecular weight excluding hydrogens is 669 g/mol. The number of fused-ring (bicyclic) bond motifs is 6. The van der Waals surface area contributed by atoms with E-state index in [0.29, 0.717) is 17.5 Å². The normalized spacial score (nSPS) is 11.6. The number of nitrogens with zero attached hydrogens (tertiary/aromatic N) is 4. The number of rotatable bonds is 5. The lowest BCUT2D eigenvalue weighted by Crippen LogP contribution is -2.03. The third-order valence-corrected chi connectivity index (χ3v) is 10.8. The van der Waals surface area contributed by atoms with Crippen LogP contribution in [0.15, 0.2) is 194 Å². The minimum Gasteiger partial charge on any atom is -0.309 e. The Balaban J connectivity index is 1.28. The van der Waals surface area contributed by atoms with Crippen molar-refractivity contribution in [1.29, 1.82) is 0 Å². The maximum atomic E-state index is 5.27. The van der Waals surface area contributed by atoms with E-state index < -0.39 is 0 Å². The molecule has 0 unspecified atom stereocenters. The summed E-state index contributed by atoms with van der Waals surface area (Å²) in [6.45, 7) is 0. The van der Waals surface area contributed by atoms with E-state index >= 15 is 0 Å². The average molecular weight is 701 g/mol. The van der Waals surface area contributed by atoms with Crippen LogP contribution in [0.4, 0.5) is 0 Å². The standard InChI is InChI=1S/C51H32N4/c1-4-16-33(17-5-1)42-32-47(55-45-30-38-24-12-10-22-36(38)28-43(45)44-29-37-23-11-13-25-39(37)31-46(44)55)40-26-14-15-27-41(40)48(42)51-53-49(34-18-6-2-7-19-34)52-50(54-51)35-20-8-3-9-21-35/h1-32H. The molecule has 4 heteroatoms. The summed E-state index contributed by atoms with van der Waals surface area (Å²) in [5.41, 5.74) is 8.42. The molecule has 4 nitrogen and oxygen atoms in total. The van der Waals surface area contributed by atoms with Crippen LogP contribution in [0, 0.1) is 0 Å². The van der Waals surface area contributed by atoms with Crippen LogP contribution in [0.3, 0.4) is 0 Å². The molecule has 0 spiro atoms. The van der Waals surface area contributed by atoms with Crippen molar-refractivity contribution < 1.29 is 0 Å². The molecule has 9 aromatic carbocycles. The van der Waals surface area contributed by atoms with Crippen LogP contribution < -0.4 is 0 Å². The molecular formula is C51H32N4. The third-order valence-electron chi connectivity index (χ3n) is 10.8. The topological polar surface area (TPSA) is 43.6 Å². The quantitative estimate of drug-likeness (QED) is 0.179. The van der Waals surface area contributed by atoms with Gasteiger partial charge in [-0.05, 0) is 68.4 Å². The Hall–Kier alpha value is -7.43. The Morgan fingerprint density at radius 3 is 1.22 bits per heavy atom. The second kappa shape index (κ2) is 12.6. The fourth-order valence-electron chi connectivity index (χ4n) is 8.20. The van der Waals surface area contributed by atoms with Crippen LogP contribution in [0.1, 0.15) is 0 Å². The second-order valence-corrected chi connectivity index (χ2v) is 14.0. The van der Waals surface area contributed by atoms with Crippen molar-refractivity contribution in [3.05, 3.63) is 194 Å². The van der Waals surface area contributed by atoms with E-state index in [9.17, 15) is 0 Å². The predicted molar refractivity (Wildman–Crippen MR) is 228 cm³/mol. The van der Waals surface area contributed by atoms with Crippen molar-refractivity contribution >= 4 is 54.1 Å². The first-order valence-electron chi connectivity index (χ1n) is 18.6. The first-order chi connectivity index (χ1) is 27.3. The van der Waals surface area contributed by atoms with Crippen molar-refractivity contribution in [2.75, 3.05) is 0 Å². The summed E-state index contributed by atoms with van der Waals surface area (Å²) in [4.78, 5) is 15.6. The summed E-state index contributed by atoms with van der Waals surface area (Å²) in [7, 11) is 0. The molecule has 0 atom stereocenters. The Kier molecular flexibility index (Phi) is 7.14. The van der Waals surface area contributed by atoms with E-state index in [1.165, 1.54) is 43.4 Å². The van der Waals surface area contributed by atoms with Crippen LogP contribution in [-0.2, 0) is 0 Å². The highest BCUT2D eigenvalue weighted by Crippen LogP contribution is 2.44. The highest BCUT2D eigenvalue weighted by molar-refractivity contribution is 6.18. The first kappa shape index (κ1) is 31.1. The lowest BCUT2D eigenvalue weighted by Gasteiger charge is -2.19. The zero-order valence-corrected chi connectivity index (χ0v) is 29.8. The summed E-state index contributed by atoms with van der Waals surface area (Å²) in [6, 6.07) is 68.8. The molecule has 256 valence electrons. The summed E-state index contributed by atoms with van der Waals surface area (Å²) >= 11 is 0. The Morgan fingerprint density at radius 1 is 0.309 bits per heavy atom. The molecule has 0 aliphatic heterocycles. The van der Waals surface area contributed by atoms with Crippen LogP contribution in [0.25, 0.3) is 105 Å². The average Bonchev–Trinajstić information content (AvgIpc) is 3.56. The van der Waals surface area contributed by atoms with Crippen LogP contribution in [0.5, 0.6) is 0 Å². The molecule has 0 fully saturated rings. The van der Waals surface area contributed by atoms with E-state index in [1.807, 2.05) is 36.4 Å². The predicted octanol–water partition coefficient (Wildman–Crippen LogP) is 13.1. The van der Waals surface area contributed by atoms with Crippen molar-refractivity contribution in [3.63, 3.8) is 0 Å². The Labute approximate surface area is 317 Å². The van der Waals surface area contributed by atoms with E-state index in [2.05, 4.69) is 162 Å². The zero-order chi connectivity index (χ0) is 36.3. The maximum absolute atomic E-state index is 5.27. The van der Waals surface area contributed by atoms with Gasteiger partial charge in [0.05, 0.1) is 16.7 Å². The maximum Gasteiger partial charge on any atom is 0.165 e. The molecule has 0 aliphatic rings. The van der Waals surface area contributed by atoms with Gasteiger partial charge in [0.15, 0.2) is 17.5 Å². The molecule has 2 heterocycles. The molecule has 0 saturated heterocycles. The van der Waals surface area contributed by atoms with Gasteiger partial charge < -0.3 is 4.57 Å². The number of hydrogen-bond donors (Lipinski definition) is 0. The summed E-state index contributed by atoms with van der Waals surface area (Å²) in [5.74, 6) is 1.91. The van der Waals surface area contributed by atoms with Gasteiger partial charge >= 0.3 is 0 Å². The van der Waals surface area contributed by atoms with Crippen molar-refractivity contribution in [2.24, 2.45) is 0 Å². The molecule has 0 amide bonds. The van der Waals surface area contributed by atoms with E-state index in [-0.39, 0.29) is 0 Å². The molecule has 11 rings (SSSR count). The summed E-state index contributed by atoms with van der Waals surface area (Å²) in [5, 5.41) is 9.51. The monoisotopic (exact) mass is 700 g/mol. The SMILES string of the molecule is c1ccc(-c2nc(-c3ccccc3)nc(-c3c(-c4ccccc4)cc(-n4c5cc6ccccc6cc5c5cc6ccccc6cc54)c4ccccc34)n2)cc1. The molecule has 11 aromatic rings. The highest BCUT2D eigenvalue weighted by atomic mass is 15.0. The van der Waals surface area contributed by atoms with Crippen LogP contribution >= 0.6 is 0 Å². The number of benzene rings is 9. The second-order valence-electron chi connectivity index (χ2n) is 14.0. The highest BCUT2D eigenvalue weighted by Gasteiger charge is 2.23. The molecule has 55 heavy (non-hydrogen) atoms. The number of hydrogen-bond acceptors (Lipinski definition) is 3. The van der Waals surface area contributed by atoms with Crippen molar-refractivity contribution in [3.8, 4) is 51.0 Å². The fourth-order valence-corrected chi connectivity index (χ4v) is 8.20. The zero-order valence-electron chi connectivity index (χ0n) is 29.8. The van der Waals surface area contributed by atoms with Gasteiger partial charge in [-0.3, -0.25) is 0 Å². The van der Waals surface area contributed by atoms with Gasteiger partial charge in [0.1, 0.15) is 0 Å². The minimum absolute atomic E-state index is 0.633. The molecule has 0 N–H and O–H groups in total. The van der Waals surface area contributed by atoms with Gasteiger partial charge in [-0.15, -0.1) is 0 Å². The van der Waals surface area contributed by atoms with Gasteiger partial charge in [-0.1, -0.05) is 164 Å². The van der Waals surface area contributed by atoms with Gasteiger partial charge in [-0.2, -0.15) is 0 Å². The van der Waals surface area contributed by atoms with Crippen LogP contribution in [-0.4, -0.2) is 19.5 Å². The molecule has 0 bridgehead atoms. The van der Waals surface area contributed by atoms with Gasteiger partial charge in [0.25, 0.3) is 0 Å². The summed E-state index contributed by atoms with van der Waals surface area (Å²) < 4.78 is 2.47. The van der Waals surface area contributed by atoms with Gasteiger partial charge in [0, 0.05) is 32.8 Å². The van der Waals surface area contributed by atoms with Crippen LogP contribution in [0.2, 0.25) is 0 Å². The lowest BCUT2D eigenvalue weighted by atomic mass is 9.92. The molecule has 0 saturated carbocycles. The van der Waals surface area contributed by atoms with Crippen molar-refractivity contribution in [2.45, 2.75) is 0 Å². The largest absolute Gasteiger partial charge is 0.309 e. The lowest BCUT2D eigenvalue weighted by molar-refractivity contribution is 1.08. The van der Waals surface area contributed by atoms with E-state index in [0.717, 1.165) is 44.3 Å². The third kappa shape index (κ3) is 5.19. The fraction of sp³-hybridized carbons (Fsp3) is 0.